The van der Waals surface area contributed by atoms with E-state index >= 15 is 0 Å². The van der Waals surface area contributed by atoms with E-state index in [-0.39, 0.29) is 6.04 Å². The van der Waals surface area contributed by atoms with Crippen molar-refractivity contribution in [1.82, 2.24) is 9.62 Å². The number of nitrogens with one attached hydrogen (secondary N) is 1. The lowest BCUT2D eigenvalue weighted by Gasteiger charge is -2.34. The number of piperidine rings is 1. The second-order valence-corrected chi connectivity index (χ2v) is 8.88. The van der Waals surface area contributed by atoms with E-state index in [2.05, 4.69) is 28.2 Å². The van der Waals surface area contributed by atoms with Gasteiger partial charge in [-0.25, -0.2) is 8.42 Å². The highest BCUT2D eigenvalue weighted by molar-refractivity contribution is 9.10. The Bertz CT molecular complexity index is 530. The third kappa shape index (κ3) is 3.62. The number of thiophene rings is 1. The summed E-state index contributed by atoms with van der Waals surface area (Å²) in [5, 5.41) is 5.16. The molecule has 1 aromatic rings. The summed E-state index contributed by atoms with van der Waals surface area (Å²) in [6, 6.07) is 1.88. The lowest BCUT2D eigenvalue weighted by Crippen LogP contribution is -2.48. The van der Waals surface area contributed by atoms with Crippen LogP contribution in [-0.4, -0.2) is 38.4 Å². The first-order chi connectivity index (χ1) is 9.57. The second-order valence-electron chi connectivity index (χ2n) is 5.03. The van der Waals surface area contributed by atoms with Gasteiger partial charge >= 0.3 is 0 Å². The van der Waals surface area contributed by atoms with Gasteiger partial charge < -0.3 is 5.32 Å². The molecule has 1 aromatic heterocycles. The van der Waals surface area contributed by atoms with E-state index in [1.54, 1.807) is 10.4 Å². The quantitative estimate of drug-likeness (QED) is 0.771. The molecule has 0 radical (unpaired) electrons. The van der Waals surface area contributed by atoms with Crippen LogP contribution in [0.5, 0.6) is 0 Å². The van der Waals surface area contributed by atoms with Crippen LogP contribution in [0.1, 0.15) is 32.6 Å². The minimum Gasteiger partial charge on any atom is -0.315 e. The van der Waals surface area contributed by atoms with E-state index in [1.807, 2.05) is 5.38 Å². The molecule has 1 atom stereocenters. The Morgan fingerprint density at radius 2 is 2.30 bits per heavy atom. The summed E-state index contributed by atoms with van der Waals surface area (Å²) in [5.74, 6) is 0. The summed E-state index contributed by atoms with van der Waals surface area (Å²) in [6.45, 7) is 4.43. The van der Waals surface area contributed by atoms with Crippen LogP contribution in [-0.2, 0) is 10.0 Å². The molecule has 1 aliphatic rings. The summed E-state index contributed by atoms with van der Waals surface area (Å²) in [4.78, 5) is 0. The number of halogens is 1. The van der Waals surface area contributed by atoms with Crippen molar-refractivity contribution >= 4 is 37.3 Å². The molecule has 4 nitrogen and oxygen atoms in total. The van der Waals surface area contributed by atoms with Crippen LogP contribution >= 0.6 is 27.3 Å². The predicted molar refractivity (Wildman–Crippen MR) is 86.7 cm³/mol. The van der Waals surface area contributed by atoms with E-state index in [4.69, 9.17) is 0 Å². The Morgan fingerprint density at radius 1 is 1.50 bits per heavy atom. The van der Waals surface area contributed by atoms with Crippen molar-refractivity contribution in [3.05, 3.63) is 15.9 Å². The summed E-state index contributed by atoms with van der Waals surface area (Å²) >= 11 is 4.63. The van der Waals surface area contributed by atoms with Gasteiger partial charge in [-0.3, -0.25) is 0 Å². The molecule has 0 saturated carbocycles. The fourth-order valence-electron chi connectivity index (χ4n) is 2.51. The molecule has 2 rings (SSSR count). The monoisotopic (exact) mass is 380 g/mol. The van der Waals surface area contributed by atoms with E-state index in [1.165, 1.54) is 11.3 Å². The maximum absolute atomic E-state index is 12.8. The van der Waals surface area contributed by atoms with Crippen molar-refractivity contribution in [3.63, 3.8) is 0 Å². The van der Waals surface area contributed by atoms with Gasteiger partial charge in [-0.2, -0.15) is 4.31 Å². The molecule has 1 N–H and O–H groups in total. The van der Waals surface area contributed by atoms with Gasteiger partial charge in [-0.05, 0) is 53.2 Å². The Labute approximate surface area is 133 Å². The molecule has 0 bridgehead atoms. The number of rotatable bonds is 6. The summed E-state index contributed by atoms with van der Waals surface area (Å²) in [5.41, 5.74) is 0. The zero-order chi connectivity index (χ0) is 14.6. The highest BCUT2D eigenvalue weighted by atomic mass is 79.9. The Kier molecular flexibility index (Phi) is 6.04. The average Bonchev–Trinajstić information content (AvgIpc) is 2.86. The molecule has 0 aliphatic carbocycles. The first-order valence-electron chi connectivity index (χ1n) is 7.03. The maximum Gasteiger partial charge on any atom is 0.253 e. The van der Waals surface area contributed by atoms with E-state index in [0.29, 0.717) is 15.2 Å². The van der Waals surface area contributed by atoms with Crippen molar-refractivity contribution in [2.24, 2.45) is 0 Å². The molecule has 1 aliphatic heterocycles. The first-order valence-corrected chi connectivity index (χ1v) is 10.1. The van der Waals surface area contributed by atoms with E-state index in [0.717, 1.165) is 38.8 Å². The van der Waals surface area contributed by atoms with Gasteiger partial charge in [0.2, 0.25) is 0 Å². The Balaban J connectivity index is 2.17. The molecular weight excluding hydrogens is 360 g/mol. The minimum absolute atomic E-state index is 0.0781. The molecule has 0 amide bonds. The van der Waals surface area contributed by atoms with Crippen LogP contribution in [0.15, 0.2) is 20.1 Å². The fourth-order valence-corrected chi connectivity index (χ4v) is 6.63. The highest BCUT2D eigenvalue weighted by Crippen LogP contribution is 2.33. The van der Waals surface area contributed by atoms with Gasteiger partial charge in [0, 0.05) is 23.6 Å². The lowest BCUT2D eigenvalue weighted by atomic mass is 10.1. The minimum atomic E-state index is -3.37. The van der Waals surface area contributed by atoms with Crippen molar-refractivity contribution in [1.29, 1.82) is 0 Å². The fraction of sp³-hybridized carbons (Fsp3) is 0.692. The molecule has 1 unspecified atom stereocenters. The SMILES string of the molecule is CCCNCC1CCCCN1S(=O)(=O)c1sccc1Br. The molecule has 1 saturated heterocycles. The molecule has 0 spiro atoms. The topological polar surface area (TPSA) is 49.4 Å². The largest absolute Gasteiger partial charge is 0.315 e. The van der Waals surface area contributed by atoms with Gasteiger partial charge in [0.1, 0.15) is 4.21 Å². The first kappa shape index (κ1) is 16.4. The molecule has 2 heterocycles. The van der Waals surface area contributed by atoms with Crippen molar-refractivity contribution in [2.45, 2.75) is 42.9 Å². The Hall–Kier alpha value is 0.0500. The van der Waals surface area contributed by atoms with Crippen LogP contribution in [0, 0.1) is 0 Å². The molecule has 1 fully saturated rings. The van der Waals surface area contributed by atoms with Gasteiger partial charge in [-0.15, -0.1) is 11.3 Å². The van der Waals surface area contributed by atoms with Crippen LogP contribution in [0.25, 0.3) is 0 Å². The van der Waals surface area contributed by atoms with E-state index < -0.39 is 10.0 Å². The molecule has 114 valence electrons. The van der Waals surface area contributed by atoms with Gasteiger partial charge in [-0.1, -0.05) is 13.3 Å². The number of nitrogens with zero attached hydrogens (tertiary/aromatic N) is 1. The third-order valence-corrected chi connectivity index (χ3v) is 8.11. The van der Waals surface area contributed by atoms with Crippen molar-refractivity contribution in [3.8, 4) is 0 Å². The van der Waals surface area contributed by atoms with Crippen LogP contribution in [0.3, 0.4) is 0 Å². The normalized spacial score (nSPS) is 21.2. The Morgan fingerprint density at radius 3 is 2.95 bits per heavy atom. The van der Waals surface area contributed by atoms with Gasteiger partial charge in [0.15, 0.2) is 0 Å². The summed E-state index contributed by atoms with van der Waals surface area (Å²) in [7, 11) is -3.37. The average molecular weight is 381 g/mol. The van der Waals surface area contributed by atoms with Gasteiger partial charge in [0.25, 0.3) is 10.0 Å². The van der Waals surface area contributed by atoms with Crippen molar-refractivity contribution < 1.29 is 8.42 Å². The zero-order valence-electron chi connectivity index (χ0n) is 11.6. The summed E-state index contributed by atoms with van der Waals surface area (Å²) in [6.07, 6.45) is 4.07. The van der Waals surface area contributed by atoms with Crippen LogP contribution in [0.2, 0.25) is 0 Å². The summed E-state index contributed by atoms with van der Waals surface area (Å²) < 4.78 is 28.4. The smallest absolute Gasteiger partial charge is 0.253 e. The molecule has 20 heavy (non-hydrogen) atoms. The van der Waals surface area contributed by atoms with E-state index in [9.17, 15) is 8.42 Å². The predicted octanol–water partition coefficient (Wildman–Crippen LogP) is 3.05. The van der Waals surface area contributed by atoms with Crippen LogP contribution < -0.4 is 5.32 Å². The molecule has 0 aromatic carbocycles. The van der Waals surface area contributed by atoms with Crippen LogP contribution in [0.4, 0.5) is 0 Å². The van der Waals surface area contributed by atoms with Gasteiger partial charge in [0.05, 0.1) is 0 Å². The van der Waals surface area contributed by atoms with Crippen molar-refractivity contribution in [2.75, 3.05) is 19.6 Å². The number of hydrogen-bond acceptors (Lipinski definition) is 4. The lowest BCUT2D eigenvalue weighted by molar-refractivity contribution is 0.246. The third-order valence-electron chi connectivity index (χ3n) is 3.51. The highest BCUT2D eigenvalue weighted by Gasteiger charge is 2.34. The molecular formula is C13H21BrN2O2S2. The standard InChI is InChI=1S/C13H21BrN2O2S2/c1-2-7-15-10-11-5-3-4-8-16(11)20(17,18)13-12(14)6-9-19-13/h6,9,11,15H,2-5,7-8,10H2,1H3. The molecule has 7 heteroatoms. The maximum atomic E-state index is 12.8. The number of sulfonamides is 1. The zero-order valence-corrected chi connectivity index (χ0v) is 14.9. The number of hydrogen-bond donors (Lipinski definition) is 1. The second kappa shape index (κ2) is 7.35.